The van der Waals surface area contributed by atoms with Crippen LogP contribution in [-0.4, -0.2) is 13.2 Å². The van der Waals surface area contributed by atoms with Crippen LogP contribution in [0.3, 0.4) is 0 Å². The fraction of sp³-hybridized carbons (Fsp3) is 0.955. The minimum absolute atomic E-state index is 0.982. The summed E-state index contributed by atoms with van der Waals surface area (Å²) in [7, 11) is 0. The third-order valence-corrected chi connectivity index (χ3v) is 4.68. The van der Waals surface area contributed by atoms with Gasteiger partial charge >= 0.3 is 0 Å². The largest absolute Gasteiger partial charge is 0.381 e. The van der Waals surface area contributed by atoms with Gasteiger partial charge in [-0.05, 0) is 12.8 Å². The molecular formula is C22H45O. The SMILES string of the molecule is [CH2]CCCCCCCCCOCCCCCCCCCCCC. The van der Waals surface area contributed by atoms with E-state index in [9.17, 15) is 0 Å². The molecule has 0 rings (SSSR count). The van der Waals surface area contributed by atoms with Crippen LogP contribution in [0.25, 0.3) is 0 Å². The second-order valence-electron chi connectivity index (χ2n) is 7.12. The molecule has 0 aromatic rings. The fourth-order valence-corrected chi connectivity index (χ4v) is 3.06. The van der Waals surface area contributed by atoms with Crippen molar-refractivity contribution in [3.8, 4) is 0 Å². The smallest absolute Gasteiger partial charge is 0.0466 e. The monoisotopic (exact) mass is 325 g/mol. The molecular weight excluding hydrogens is 280 g/mol. The number of hydrogen-bond acceptors (Lipinski definition) is 1. The summed E-state index contributed by atoms with van der Waals surface area (Å²) in [6.07, 6.45) is 24.6. The van der Waals surface area contributed by atoms with Crippen molar-refractivity contribution < 1.29 is 4.74 Å². The molecule has 0 aliphatic rings. The maximum Gasteiger partial charge on any atom is 0.0466 e. The van der Waals surface area contributed by atoms with Crippen LogP contribution >= 0.6 is 0 Å². The second-order valence-corrected chi connectivity index (χ2v) is 7.12. The van der Waals surface area contributed by atoms with Crippen LogP contribution in [0, 0.1) is 6.92 Å². The zero-order valence-corrected chi connectivity index (χ0v) is 16.3. The van der Waals surface area contributed by atoms with Gasteiger partial charge < -0.3 is 4.74 Å². The normalized spacial score (nSPS) is 11.2. The van der Waals surface area contributed by atoms with Gasteiger partial charge in [0.15, 0.2) is 0 Å². The molecule has 1 radical (unpaired) electrons. The van der Waals surface area contributed by atoms with Gasteiger partial charge in [-0.1, -0.05) is 117 Å². The highest BCUT2D eigenvalue weighted by Crippen LogP contribution is 2.11. The molecule has 0 unspecified atom stereocenters. The van der Waals surface area contributed by atoms with Crippen LogP contribution in [0.1, 0.15) is 122 Å². The summed E-state index contributed by atoms with van der Waals surface area (Å²) in [5, 5.41) is 0. The predicted octanol–water partition coefficient (Wildman–Crippen LogP) is 7.88. The second kappa shape index (κ2) is 22.0. The molecule has 0 aliphatic carbocycles. The van der Waals surface area contributed by atoms with Crippen LogP contribution in [0.15, 0.2) is 0 Å². The van der Waals surface area contributed by atoms with Gasteiger partial charge in [0.2, 0.25) is 0 Å². The molecule has 0 heterocycles. The summed E-state index contributed by atoms with van der Waals surface area (Å²) < 4.78 is 5.74. The van der Waals surface area contributed by atoms with Gasteiger partial charge in [0, 0.05) is 13.2 Å². The first-order valence-corrected chi connectivity index (χ1v) is 10.8. The highest BCUT2D eigenvalue weighted by molar-refractivity contribution is 4.49. The molecule has 0 N–H and O–H groups in total. The average Bonchev–Trinajstić information content (AvgIpc) is 2.57. The highest BCUT2D eigenvalue weighted by Gasteiger charge is 1.94. The van der Waals surface area contributed by atoms with E-state index in [-0.39, 0.29) is 0 Å². The molecule has 0 spiro atoms. The van der Waals surface area contributed by atoms with E-state index in [1.54, 1.807) is 0 Å². The topological polar surface area (TPSA) is 9.23 Å². The Bertz CT molecular complexity index is 170. The van der Waals surface area contributed by atoms with Crippen molar-refractivity contribution in [2.75, 3.05) is 13.2 Å². The Hall–Kier alpha value is -0.0400. The number of hydrogen-bond donors (Lipinski definition) is 0. The molecule has 0 saturated heterocycles. The molecule has 0 amide bonds. The van der Waals surface area contributed by atoms with E-state index in [1.807, 2.05) is 0 Å². The standard InChI is InChI=1S/C22H45O/c1-3-5-7-9-11-13-14-16-18-20-22-23-21-19-17-15-12-10-8-6-4-2/h2-22H2,1H3. The first-order chi connectivity index (χ1) is 11.4. The summed E-state index contributed by atoms with van der Waals surface area (Å²) in [5.74, 6) is 0. The molecule has 0 fully saturated rings. The van der Waals surface area contributed by atoms with Gasteiger partial charge in [0.25, 0.3) is 0 Å². The quantitative estimate of drug-likeness (QED) is 0.207. The van der Waals surface area contributed by atoms with E-state index in [4.69, 9.17) is 4.74 Å². The molecule has 0 aromatic carbocycles. The van der Waals surface area contributed by atoms with Gasteiger partial charge in [-0.15, -0.1) is 0 Å². The van der Waals surface area contributed by atoms with Crippen molar-refractivity contribution in [3.05, 3.63) is 6.92 Å². The van der Waals surface area contributed by atoms with Crippen molar-refractivity contribution in [2.24, 2.45) is 0 Å². The third-order valence-electron chi connectivity index (χ3n) is 4.68. The minimum atomic E-state index is 0.982. The van der Waals surface area contributed by atoms with Gasteiger partial charge in [0.05, 0.1) is 0 Å². The molecule has 23 heavy (non-hydrogen) atoms. The van der Waals surface area contributed by atoms with E-state index in [0.717, 1.165) is 19.6 Å². The maximum absolute atomic E-state index is 5.74. The summed E-state index contributed by atoms with van der Waals surface area (Å²) in [4.78, 5) is 0. The molecule has 0 saturated carbocycles. The lowest BCUT2D eigenvalue weighted by Gasteiger charge is -2.05. The Kier molecular flexibility index (Phi) is 21.9. The molecule has 1 heteroatoms. The third kappa shape index (κ3) is 22.0. The summed E-state index contributed by atoms with van der Waals surface area (Å²) in [5.41, 5.74) is 0. The number of rotatable bonds is 20. The van der Waals surface area contributed by atoms with E-state index in [2.05, 4.69) is 13.8 Å². The lowest BCUT2D eigenvalue weighted by atomic mass is 10.1. The van der Waals surface area contributed by atoms with Crippen molar-refractivity contribution in [1.82, 2.24) is 0 Å². The molecule has 0 atom stereocenters. The zero-order valence-electron chi connectivity index (χ0n) is 16.3. The van der Waals surface area contributed by atoms with Gasteiger partial charge in [0.1, 0.15) is 0 Å². The van der Waals surface area contributed by atoms with Crippen molar-refractivity contribution in [2.45, 2.75) is 122 Å². The first-order valence-electron chi connectivity index (χ1n) is 10.8. The summed E-state index contributed by atoms with van der Waals surface area (Å²) in [6, 6.07) is 0. The van der Waals surface area contributed by atoms with E-state index in [1.165, 1.54) is 109 Å². The summed E-state index contributed by atoms with van der Waals surface area (Å²) in [6.45, 7) is 8.14. The van der Waals surface area contributed by atoms with Crippen molar-refractivity contribution in [3.63, 3.8) is 0 Å². The van der Waals surface area contributed by atoms with E-state index < -0.39 is 0 Å². The van der Waals surface area contributed by atoms with Crippen LogP contribution < -0.4 is 0 Å². The van der Waals surface area contributed by atoms with Crippen LogP contribution in [0.4, 0.5) is 0 Å². The Morgan fingerprint density at radius 1 is 0.478 bits per heavy atom. The van der Waals surface area contributed by atoms with Crippen LogP contribution in [0.2, 0.25) is 0 Å². The van der Waals surface area contributed by atoms with Gasteiger partial charge in [-0.2, -0.15) is 0 Å². The van der Waals surface area contributed by atoms with Crippen LogP contribution in [-0.2, 0) is 4.74 Å². The molecule has 139 valence electrons. The Morgan fingerprint density at radius 2 is 0.826 bits per heavy atom. The van der Waals surface area contributed by atoms with Crippen LogP contribution in [0.5, 0.6) is 0 Å². The highest BCUT2D eigenvalue weighted by atomic mass is 16.5. The van der Waals surface area contributed by atoms with E-state index in [0.29, 0.717) is 0 Å². The van der Waals surface area contributed by atoms with Crippen molar-refractivity contribution in [1.29, 1.82) is 0 Å². The fourth-order valence-electron chi connectivity index (χ4n) is 3.06. The number of ether oxygens (including phenoxy) is 1. The molecule has 1 nitrogen and oxygen atoms in total. The Labute approximate surface area is 148 Å². The Morgan fingerprint density at radius 3 is 1.22 bits per heavy atom. The summed E-state index contributed by atoms with van der Waals surface area (Å²) >= 11 is 0. The maximum atomic E-state index is 5.74. The number of unbranched alkanes of at least 4 members (excludes halogenated alkanes) is 16. The van der Waals surface area contributed by atoms with Gasteiger partial charge in [-0.3, -0.25) is 0 Å². The van der Waals surface area contributed by atoms with E-state index >= 15 is 0 Å². The average molecular weight is 326 g/mol. The lowest BCUT2D eigenvalue weighted by molar-refractivity contribution is 0.125. The van der Waals surface area contributed by atoms with Crippen molar-refractivity contribution >= 4 is 0 Å². The molecule has 0 aromatic heterocycles. The molecule has 0 bridgehead atoms. The lowest BCUT2D eigenvalue weighted by Crippen LogP contribution is -1.97. The van der Waals surface area contributed by atoms with Gasteiger partial charge in [-0.25, -0.2) is 0 Å². The first kappa shape index (κ1) is 23.0. The Balaban J connectivity index is 2.92. The minimum Gasteiger partial charge on any atom is -0.381 e. The molecule has 0 aliphatic heterocycles. The zero-order chi connectivity index (χ0) is 16.8. The predicted molar refractivity (Wildman–Crippen MR) is 105 cm³/mol.